The summed E-state index contributed by atoms with van der Waals surface area (Å²) in [4.78, 5) is 42.6. The summed E-state index contributed by atoms with van der Waals surface area (Å²) >= 11 is 0. The number of hydrogen-bond acceptors (Lipinski definition) is 10. The molecule has 45 heavy (non-hydrogen) atoms. The van der Waals surface area contributed by atoms with Gasteiger partial charge in [0.05, 0.1) is 26.0 Å². The van der Waals surface area contributed by atoms with Gasteiger partial charge in [0.1, 0.15) is 46.8 Å². The highest BCUT2D eigenvalue weighted by Gasteiger charge is 2.76. The van der Waals surface area contributed by atoms with Gasteiger partial charge < -0.3 is 32.8 Å². The maximum absolute atomic E-state index is 14.4. The van der Waals surface area contributed by atoms with Crippen LogP contribution in [0.3, 0.4) is 0 Å². The second-order valence-corrected chi connectivity index (χ2v) is 10.5. The fraction of sp³-hybridized carbons (Fsp3) is 0.171. The molecule has 2 atom stereocenters. The minimum Gasteiger partial charge on any atom is -0.496 e. The van der Waals surface area contributed by atoms with Gasteiger partial charge in [-0.15, -0.1) is 0 Å². The van der Waals surface area contributed by atoms with E-state index in [1.54, 1.807) is 42.5 Å². The summed E-state index contributed by atoms with van der Waals surface area (Å²) < 4.78 is 41.1. The highest BCUT2D eigenvalue weighted by Crippen LogP contribution is 2.59. The second-order valence-electron chi connectivity index (χ2n) is 10.5. The number of fused-ring (bicyclic) bond motifs is 6. The Morgan fingerprint density at radius 2 is 1.40 bits per heavy atom. The lowest BCUT2D eigenvalue weighted by atomic mass is 9.74. The molecule has 2 aliphatic heterocycles. The quantitative estimate of drug-likeness (QED) is 0.170. The lowest BCUT2D eigenvalue weighted by molar-refractivity contribution is -0.212. The molecule has 0 bridgehead atoms. The van der Waals surface area contributed by atoms with E-state index < -0.39 is 28.6 Å². The molecule has 2 aliphatic rings. The third kappa shape index (κ3) is 4.13. The second kappa shape index (κ2) is 10.7. The Labute approximate surface area is 256 Å². The molecular formula is C35H26O10. The normalized spacial score (nSPS) is 19.3. The smallest absolute Gasteiger partial charge is 0.395 e. The van der Waals surface area contributed by atoms with Crippen molar-refractivity contribution in [2.75, 3.05) is 14.2 Å². The fourth-order valence-corrected chi connectivity index (χ4v) is 5.92. The van der Waals surface area contributed by atoms with Gasteiger partial charge in [0.25, 0.3) is 0 Å². The molecule has 0 fully saturated rings. The minimum absolute atomic E-state index is 0.0147. The van der Waals surface area contributed by atoms with Crippen molar-refractivity contribution in [3.05, 3.63) is 124 Å². The van der Waals surface area contributed by atoms with Crippen LogP contribution in [0.4, 0.5) is 0 Å². The van der Waals surface area contributed by atoms with Crippen LogP contribution in [0, 0.1) is 0 Å². The number of rotatable bonds is 8. The number of benzene rings is 4. The molecule has 0 N–H and O–H groups in total. The van der Waals surface area contributed by atoms with Crippen molar-refractivity contribution >= 4 is 33.9 Å². The molecular weight excluding hydrogens is 580 g/mol. The predicted octanol–water partition coefficient (Wildman–Crippen LogP) is 5.32. The van der Waals surface area contributed by atoms with Crippen molar-refractivity contribution in [3.8, 4) is 17.2 Å². The van der Waals surface area contributed by atoms with Crippen molar-refractivity contribution in [1.82, 2.24) is 0 Å². The van der Waals surface area contributed by atoms with Crippen molar-refractivity contribution < 1.29 is 42.4 Å². The van der Waals surface area contributed by atoms with E-state index in [4.69, 9.17) is 32.8 Å². The summed E-state index contributed by atoms with van der Waals surface area (Å²) in [7, 11) is 2.83. The Morgan fingerprint density at radius 3 is 2.04 bits per heavy atom. The zero-order valence-electron chi connectivity index (χ0n) is 24.2. The van der Waals surface area contributed by atoms with Gasteiger partial charge >= 0.3 is 17.7 Å². The number of carbonyl (C=O) groups is 2. The lowest BCUT2D eigenvalue weighted by Crippen LogP contribution is -2.60. The van der Waals surface area contributed by atoms with Crippen molar-refractivity contribution in [2.24, 2.45) is 0 Å². The van der Waals surface area contributed by atoms with E-state index in [-0.39, 0.29) is 52.2 Å². The zero-order valence-corrected chi connectivity index (χ0v) is 24.2. The molecule has 7 rings (SSSR count). The fourth-order valence-electron chi connectivity index (χ4n) is 5.92. The van der Waals surface area contributed by atoms with E-state index in [0.717, 1.165) is 0 Å². The average Bonchev–Trinajstić information content (AvgIpc) is 3.59. The summed E-state index contributed by atoms with van der Waals surface area (Å²) in [5.74, 6) is -3.84. The van der Waals surface area contributed by atoms with Gasteiger partial charge in [0, 0.05) is 6.07 Å². The number of methoxy groups -OCH3 is 2. The summed E-state index contributed by atoms with van der Waals surface area (Å²) in [6.07, 6.45) is 2.56. The van der Waals surface area contributed by atoms with E-state index >= 15 is 0 Å². The monoisotopic (exact) mass is 606 g/mol. The first-order valence-corrected chi connectivity index (χ1v) is 14.1. The van der Waals surface area contributed by atoms with Gasteiger partial charge in [0.2, 0.25) is 10.8 Å². The topological polar surface area (TPSA) is 120 Å². The SMILES string of the molecule is COc1cccc2oc3c4c(cc(OC)c3c(=O)c12)OC1(C(=O)OCc2ccccc2)OC=CC41C(=O)OCc1ccccc1. The lowest BCUT2D eigenvalue weighted by Gasteiger charge is -2.32. The molecule has 5 aromatic rings. The standard InChI is InChI=1S/C35H26O10/c1-39-23-14-9-15-24-27(23)30(36)28-25(40-2)18-26-29(31(28)44-24)34(32(37)41-19-21-10-5-3-6-11-21)16-17-43-35(34,45-26)33(38)42-20-22-12-7-4-8-13-22/h3-18H,19-20H2,1-2H3. The molecule has 0 saturated carbocycles. The van der Waals surface area contributed by atoms with Crippen LogP contribution in [0.25, 0.3) is 21.9 Å². The number of esters is 2. The molecule has 2 unspecified atom stereocenters. The Hall–Kier alpha value is -5.77. The van der Waals surface area contributed by atoms with E-state index in [1.807, 2.05) is 36.4 Å². The molecule has 0 saturated heterocycles. The van der Waals surface area contributed by atoms with Crippen molar-refractivity contribution in [1.29, 1.82) is 0 Å². The summed E-state index contributed by atoms with van der Waals surface area (Å²) in [6, 6.07) is 24.4. The Balaban J connectivity index is 1.45. The van der Waals surface area contributed by atoms with Gasteiger partial charge in [0.15, 0.2) is 5.58 Å². The van der Waals surface area contributed by atoms with Crippen LogP contribution in [0.5, 0.6) is 17.2 Å². The van der Waals surface area contributed by atoms with Crippen LogP contribution < -0.4 is 19.6 Å². The zero-order chi connectivity index (χ0) is 31.2. The Bertz CT molecular complexity index is 2050. The summed E-state index contributed by atoms with van der Waals surface area (Å²) in [5.41, 5.74) is -0.920. The molecule has 0 radical (unpaired) electrons. The molecule has 3 heterocycles. The van der Waals surface area contributed by atoms with Crippen molar-refractivity contribution in [3.63, 3.8) is 0 Å². The molecule has 226 valence electrons. The predicted molar refractivity (Wildman–Crippen MR) is 161 cm³/mol. The third-order valence-electron chi connectivity index (χ3n) is 8.04. The highest BCUT2D eigenvalue weighted by molar-refractivity contribution is 6.06. The van der Waals surface area contributed by atoms with E-state index in [2.05, 4.69) is 0 Å². The molecule has 0 spiro atoms. The Kier molecular flexibility index (Phi) is 6.69. The van der Waals surface area contributed by atoms with E-state index in [9.17, 15) is 14.4 Å². The van der Waals surface area contributed by atoms with E-state index in [1.165, 1.54) is 32.6 Å². The van der Waals surface area contributed by atoms with Crippen LogP contribution in [0.15, 0.2) is 106 Å². The summed E-state index contributed by atoms with van der Waals surface area (Å²) in [5, 5.41) is 0.193. The van der Waals surface area contributed by atoms with Gasteiger partial charge in [-0.25, -0.2) is 4.79 Å². The number of ether oxygens (including phenoxy) is 6. The first-order chi connectivity index (χ1) is 21.9. The van der Waals surface area contributed by atoms with E-state index in [0.29, 0.717) is 16.9 Å². The minimum atomic E-state index is -2.38. The molecule has 0 amide bonds. The number of carbonyl (C=O) groups excluding carboxylic acids is 2. The largest absolute Gasteiger partial charge is 0.496 e. The summed E-state index contributed by atoms with van der Waals surface area (Å²) in [6.45, 7) is -0.235. The molecule has 1 aromatic heterocycles. The van der Waals surface area contributed by atoms with Gasteiger partial charge in [-0.3, -0.25) is 9.59 Å². The molecule has 4 aromatic carbocycles. The molecule has 10 nitrogen and oxygen atoms in total. The average molecular weight is 607 g/mol. The first-order valence-electron chi connectivity index (χ1n) is 14.1. The highest BCUT2D eigenvalue weighted by atomic mass is 16.7. The van der Waals surface area contributed by atoms with Gasteiger partial charge in [-0.05, 0) is 29.3 Å². The van der Waals surface area contributed by atoms with Crippen LogP contribution in [0.1, 0.15) is 16.7 Å². The van der Waals surface area contributed by atoms with Gasteiger partial charge in [-0.2, -0.15) is 0 Å². The molecule has 0 aliphatic carbocycles. The first kappa shape index (κ1) is 28.0. The Morgan fingerprint density at radius 1 is 0.756 bits per heavy atom. The molecule has 10 heteroatoms. The number of hydrogen-bond donors (Lipinski definition) is 0. The van der Waals surface area contributed by atoms with Crippen LogP contribution in [-0.4, -0.2) is 31.9 Å². The third-order valence-corrected chi connectivity index (χ3v) is 8.04. The van der Waals surface area contributed by atoms with Gasteiger partial charge in [-0.1, -0.05) is 66.7 Å². The maximum atomic E-state index is 14.4. The van der Waals surface area contributed by atoms with Crippen LogP contribution in [0.2, 0.25) is 0 Å². The van der Waals surface area contributed by atoms with Crippen molar-refractivity contribution in [2.45, 2.75) is 24.4 Å². The van der Waals surface area contributed by atoms with Crippen LogP contribution in [-0.2, 0) is 42.4 Å². The maximum Gasteiger partial charge on any atom is 0.395 e. The van der Waals surface area contributed by atoms with Crippen LogP contribution >= 0.6 is 0 Å².